The molecule has 0 fully saturated rings. The van der Waals surface area contributed by atoms with Crippen LogP contribution in [0.4, 0.5) is 16.8 Å². The van der Waals surface area contributed by atoms with E-state index in [1.807, 2.05) is 13.0 Å². The third kappa shape index (κ3) is 5.29. The van der Waals surface area contributed by atoms with Crippen LogP contribution >= 0.6 is 11.3 Å². The van der Waals surface area contributed by atoms with Crippen molar-refractivity contribution < 1.29 is 19.8 Å². The molecule has 2 aromatic heterocycles. The summed E-state index contributed by atoms with van der Waals surface area (Å²) in [6.07, 6.45) is 2.08. The highest BCUT2D eigenvalue weighted by molar-refractivity contribution is 7.16. The minimum atomic E-state index is -1.07. The fourth-order valence-corrected chi connectivity index (χ4v) is 4.67. The molecule has 11 heteroatoms. The number of thiophene rings is 1. The predicted octanol–water partition coefficient (Wildman–Crippen LogP) is 1.67. The number of hydrogen-bond acceptors (Lipinski definition) is 8. The number of carboxylic acids is 2. The molecule has 3 heterocycles. The number of nitrogens with two attached hydrogens (primary N) is 1. The van der Waals surface area contributed by atoms with Crippen LogP contribution in [-0.2, 0) is 22.4 Å². The molecule has 1 aliphatic heterocycles. The summed E-state index contributed by atoms with van der Waals surface area (Å²) in [4.78, 5) is 42.0. The Bertz CT molecular complexity index is 1000. The second kappa shape index (κ2) is 9.16. The zero-order valence-electron chi connectivity index (χ0n) is 16.5. The Morgan fingerprint density at radius 2 is 2.20 bits per heavy atom. The summed E-state index contributed by atoms with van der Waals surface area (Å²) in [6, 6.07) is 0.945. The average molecular weight is 436 g/mol. The Kier molecular flexibility index (Phi) is 6.60. The van der Waals surface area contributed by atoms with E-state index >= 15 is 0 Å². The van der Waals surface area contributed by atoms with Gasteiger partial charge in [0, 0.05) is 17.8 Å². The van der Waals surface area contributed by atoms with Gasteiger partial charge in [0.25, 0.3) is 5.56 Å². The number of carbonyl (C=O) groups is 2. The molecule has 2 aromatic rings. The molecule has 0 amide bonds. The Morgan fingerprint density at radius 1 is 1.43 bits per heavy atom. The highest BCUT2D eigenvalue weighted by Gasteiger charge is 2.23. The third-order valence-electron chi connectivity index (χ3n) is 5.15. The fourth-order valence-electron chi connectivity index (χ4n) is 3.53. The van der Waals surface area contributed by atoms with E-state index < -0.39 is 18.0 Å². The molecule has 2 atom stereocenters. The maximum absolute atomic E-state index is 12.1. The highest BCUT2D eigenvalue weighted by atomic mass is 32.1. The summed E-state index contributed by atoms with van der Waals surface area (Å²) in [7, 11) is 0. The summed E-state index contributed by atoms with van der Waals surface area (Å²) in [5, 5.41) is 24.9. The number of aromatic amines is 1. The number of aromatic nitrogens is 2. The van der Waals surface area contributed by atoms with Crippen LogP contribution in [0.15, 0.2) is 10.9 Å². The van der Waals surface area contributed by atoms with Crippen LogP contribution in [0, 0.1) is 12.8 Å². The van der Waals surface area contributed by atoms with Crippen molar-refractivity contribution in [2.45, 2.75) is 45.1 Å². The van der Waals surface area contributed by atoms with Gasteiger partial charge in [0.2, 0.25) is 5.95 Å². The average Bonchev–Trinajstić information content (AvgIpc) is 3.02. The van der Waals surface area contributed by atoms with Crippen molar-refractivity contribution in [2.75, 3.05) is 22.9 Å². The molecule has 0 saturated heterocycles. The molecular formula is C19H25N5O5S. The van der Waals surface area contributed by atoms with Gasteiger partial charge in [0.05, 0.1) is 10.6 Å². The normalized spacial score (nSPS) is 16.4. The molecule has 30 heavy (non-hydrogen) atoms. The number of nitrogens with zero attached hydrogens (tertiary/aromatic N) is 1. The SMILES string of the molecule is Cc1cc(N[C@@H](CCC(=O)O)C(=O)O)sc1CC[C@H]1CNc2nc(N)[nH]c(=O)c2C1. The number of aryl methyl sites for hydroxylation is 2. The van der Waals surface area contributed by atoms with Gasteiger partial charge < -0.3 is 26.6 Å². The van der Waals surface area contributed by atoms with Crippen molar-refractivity contribution in [3.63, 3.8) is 0 Å². The Hall–Kier alpha value is -3.08. The van der Waals surface area contributed by atoms with Crippen LogP contribution in [0.3, 0.4) is 0 Å². The third-order valence-corrected chi connectivity index (χ3v) is 6.37. The van der Waals surface area contributed by atoms with E-state index in [1.54, 1.807) is 0 Å². The summed E-state index contributed by atoms with van der Waals surface area (Å²) >= 11 is 1.48. The first-order valence-electron chi connectivity index (χ1n) is 9.66. The first-order valence-corrected chi connectivity index (χ1v) is 10.5. The number of H-pyrrole nitrogens is 1. The monoisotopic (exact) mass is 435 g/mol. The molecule has 0 aliphatic carbocycles. The molecule has 0 saturated carbocycles. The van der Waals surface area contributed by atoms with Crippen LogP contribution in [-0.4, -0.2) is 44.7 Å². The molecule has 0 bridgehead atoms. The fraction of sp³-hybridized carbons (Fsp3) is 0.474. The molecule has 0 unspecified atom stereocenters. The van der Waals surface area contributed by atoms with E-state index in [2.05, 4.69) is 20.6 Å². The summed E-state index contributed by atoms with van der Waals surface area (Å²) < 4.78 is 0. The molecule has 3 rings (SSSR count). The number of nitrogen functional groups attached to an aromatic ring is 1. The molecular weight excluding hydrogens is 410 g/mol. The van der Waals surface area contributed by atoms with Gasteiger partial charge in [-0.1, -0.05) is 0 Å². The quantitative estimate of drug-likeness (QED) is 0.343. The first-order chi connectivity index (χ1) is 14.2. The van der Waals surface area contributed by atoms with E-state index in [0.29, 0.717) is 29.3 Å². The van der Waals surface area contributed by atoms with Gasteiger partial charge in [-0.05, 0) is 50.2 Å². The topological polar surface area (TPSA) is 170 Å². The molecule has 0 radical (unpaired) electrons. The van der Waals surface area contributed by atoms with Crippen molar-refractivity contribution in [2.24, 2.45) is 5.92 Å². The second-order valence-corrected chi connectivity index (χ2v) is 8.59. The van der Waals surface area contributed by atoms with Crippen LogP contribution in [0.5, 0.6) is 0 Å². The number of hydrogen-bond donors (Lipinski definition) is 6. The smallest absolute Gasteiger partial charge is 0.326 e. The zero-order chi connectivity index (χ0) is 21.8. The summed E-state index contributed by atoms with van der Waals surface area (Å²) in [6.45, 7) is 2.67. The predicted molar refractivity (Wildman–Crippen MR) is 114 cm³/mol. The number of nitrogens with one attached hydrogen (secondary N) is 3. The minimum Gasteiger partial charge on any atom is -0.481 e. The molecule has 0 spiro atoms. The van der Waals surface area contributed by atoms with Gasteiger partial charge in [0.1, 0.15) is 11.9 Å². The van der Waals surface area contributed by atoms with Crippen LogP contribution in [0.1, 0.15) is 35.3 Å². The molecule has 0 aromatic carbocycles. The lowest BCUT2D eigenvalue weighted by molar-refractivity contribution is -0.139. The van der Waals surface area contributed by atoms with Crippen molar-refractivity contribution >= 4 is 40.0 Å². The van der Waals surface area contributed by atoms with E-state index in [9.17, 15) is 19.5 Å². The summed E-state index contributed by atoms with van der Waals surface area (Å²) in [5.41, 5.74) is 7.04. The van der Waals surface area contributed by atoms with Gasteiger partial charge in [-0.2, -0.15) is 4.98 Å². The van der Waals surface area contributed by atoms with Gasteiger partial charge in [-0.25, -0.2) is 4.79 Å². The zero-order valence-corrected chi connectivity index (χ0v) is 17.3. The number of rotatable bonds is 9. The van der Waals surface area contributed by atoms with Gasteiger partial charge in [-0.3, -0.25) is 14.6 Å². The van der Waals surface area contributed by atoms with E-state index in [-0.39, 0.29) is 30.3 Å². The first kappa shape index (κ1) is 21.6. The van der Waals surface area contributed by atoms with Gasteiger partial charge in [0.15, 0.2) is 0 Å². The standard InChI is InChI=1S/C19H25N5O5S/c1-9-6-14(22-12(18(28)29)3-5-15(25)26)30-13(9)4-2-10-7-11-16(21-8-10)23-19(20)24-17(11)27/h6,10,12,22H,2-5,7-8H2,1H3,(H,25,26)(H,28,29)(H4,20,21,23,24,27)/t10-,12+/m1/s1. The summed E-state index contributed by atoms with van der Waals surface area (Å²) in [5.74, 6) is -1.18. The molecule has 7 N–H and O–H groups in total. The van der Waals surface area contributed by atoms with Gasteiger partial charge in [-0.15, -0.1) is 11.3 Å². The minimum absolute atomic E-state index is 0.0111. The Morgan fingerprint density at radius 3 is 2.90 bits per heavy atom. The highest BCUT2D eigenvalue weighted by Crippen LogP contribution is 2.31. The van der Waals surface area contributed by atoms with Crippen molar-refractivity contribution in [1.82, 2.24) is 9.97 Å². The lowest BCUT2D eigenvalue weighted by Gasteiger charge is -2.24. The maximum Gasteiger partial charge on any atom is 0.326 e. The Labute approximate surface area is 176 Å². The number of fused-ring (bicyclic) bond motifs is 1. The van der Waals surface area contributed by atoms with Gasteiger partial charge >= 0.3 is 11.9 Å². The van der Waals surface area contributed by atoms with E-state index in [0.717, 1.165) is 23.3 Å². The van der Waals surface area contributed by atoms with Crippen molar-refractivity contribution in [1.29, 1.82) is 0 Å². The largest absolute Gasteiger partial charge is 0.481 e. The molecule has 162 valence electrons. The molecule has 1 aliphatic rings. The number of aliphatic carboxylic acids is 2. The van der Waals surface area contributed by atoms with E-state index in [1.165, 1.54) is 11.3 Å². The number of anilines is 3. The lowest BCUT2D eigenvalue weighted by Crippen LogP contribution is -2.30. The van der Waals surface area contributed by atoms with Crippen molar-refractivity contribution in [3.05, 3.63) is 32.4 Å². The lowest BCUT2D eigenvalue weighted by atomic mass is 9.92. The molecule has 10 nitrogen and oxygen atoms in total. The number of carboxylic acid groups (broad SMARTS) is 2. The maximum atomic E-state index is 12.1. The van der Waals surface area contributed by atoms with Crippen LogP contribution in [0.25, 0.3) is 0 Å². The van der Waals surface area contributed by atoms with Crippen LogP contribution < -0.4 is 21.9 Å². The Balaban J connectivity index is 1.60. The van der Waals surface area contributed by atoms with Crippen LogP contribution in [0.2, 0.25) is 0 Å². The van der Waals surface area contributed by atoms with E-state index in [4.69, 9.17) is 10.8 Å². The second-order valence-electron chi connectivity index (χ2n) is 7.45. The van der Waals surface area contributed by atoms with Crippen molar-refractivity contribution in [3.8, 4) is 0 Å².